The van der Waals surface area contributed by atoms with Crippen molar-refractivity contribution in [3.05, 3.63) is 40.9 Å². The van der Waals surface area contributed by atoms with Gasteiger partial charge in [0, 0.05) is 24.9 Å². The van der Waals surface area contributed by atoms with E-state index in [9.17, 15) is 18.0 Å². The predicted molar refractivity (Wildman–Crippen MR) is 107 cm³/mol. The number of carbonyl (C=O) groups is 2. The van der Waals surface area contributed by atoms with Crippen LogP contribution in [-0.4, -0.2) is 37.9 Å². The number of aromatic nitrogens is 1. The summed E-state index contributed by atoms with van der Waals surface area (Å²) in [4.78, 5) is 29.7. The van der Waals surface area contributed by atoms with Crippen molar-refractivity contribution < 1.29 is 22.7 Å². The average molecular weight is 426 g/mol. The van der Waals surface area contributed by atoms with Crippen LogP contribution in [0, 0.1) is 0 Å². The van der Waals surface area contributed by atoms with Gasteiger partial charge in [-0.1, -0.05) is 6.07 Å². The van der Waals surface area contributed by atoms with Crippen molar-refractivity contribution >= 4 is 38.4 Å². The normalized spacial score (nSPS) is 11.5. The van der Waals surface area contributed by atoms with E-state index in [2.05, 4.69) is 9.71 Å². The van der Waals surface area contributed by atoms with Crippen molar-refractivity contribution in [3.8, 4) is 0 Å². The molecule has 0 spiro atoms. The summed E-state index contributed by atoms with van der Waals surface area (Å²) in [5.41, 5.74) is 0.638. The number of anilines is 1. The molecule has 0 aliphatic carbocycles. The molecule has 1 aromatic carbocycles. The molecule has 0 bridgehead atoms. The van der Waals surface area contributed by atoms with Gasteiger partial charge in [0.1, 0.15) is 6.61 Å². The fourth-order valence-corrected chi connectivity index (χ4v) is 4.58. The van der Waals surface area contributed by atoms with Crippen LogP contribution in [0.5, 0.6) is 0 Å². The van der Waals surface area contributed by atoms with Crippen LogP contribution < -0.4 is 9.62 Å². The molecule has 152 valence electrons. The van der Waals surface area contributed by atoms with Crippen LogP contribution in [-0.2, 0) is 26.2 Å². The van der Waals surface area contributed by atoms with Gasteiger partial charge in [0.15, 0.2) is 5.13 Å². The van der Waals surface area contributed by atoms with Crippen molar-refractivity contribution in [2.45, 2.75) is 45.2 Å². The van der Waals surface area contributed by atoms with Crippen LogP contribution >= 0.6 is 11.3 Å². The highest BCUT2D eigenvalue weighted by molar-refractivity contribution is 7.89. The molecule has 0 unspecified atom stereocenters. The second kappa shape index (κ2) is 9.26. The summed E-state index contributed by atoms with van der Waals surface area (Å²) in [6.45, 7) is 7.14. The SMILES string of the molecule is CCN(C(C)=O)c1nc(COC(=O)c2cccc(S(=O)(=O)NC(C)C)c2)cs1. The van der Waals surface area contributed by atoms with Gasteiger partial charge < -0.3 is 4.74 Å². The van der Waals surface area contributed by atoms with Gasteiger partial charge in [-0.2, -0.15) is 0 Å². The third-order valence-electron chi connectivity index (χ3n) is 3.59. The average Bonchev–Trinajstić information content (AvgIpc) is 3.07. The summed E-state index contributed by atoms with van der Waals surface area (Å²) >= 11 is 1.28. The minimum Gasteiger partial charge on any atom is -0.456 e. The van der Waals surface area contributed by atoms with Crippen molar-refractivity contribution in [2.75, 3.05) is 11.4 Å². The lowest BCUT2D eigenvalue weighted by Crippen LogP contribution is -2.30. The first-order valence-corrected chi connectivity index (χ1v) is 11.0. The molecule has 8 nitrogen and oxygen atoms in total. The number of amides is 1. The van der Waals surface area contributed by atoms with E-state index >= 15 is 0 Å². The zero-order valence-electron chi connectivity index (χ0n) is 16.1. The first kappa shape index (κ1) is 22.0. The first-order chi connectivity index (χ1) is 13.1. The summed E-state index contributed by atoms with van der Waals surface area (Å²) in [7, 11) is -3.71. The smallest absolute Gasteiger partial charge is 0.338 e. The van der Waals surface area contributed by atoms with E-state index in [1.165, 1.54) is 47.4 Å². The largest absolute Gasteiger partial charge is 0.456 e. The minimum atomic E-state index is -3.71. The van der Waals surface area contributed by atoms with Gasteiger partial charge in [-0.25, -0.2) is 22.9 Å². The summed E-state index contributed by atoms with van der Waals surface area (Å²) in [5.74, 6) is -0.775. The third kappa shape index (κ3) is 5.60. The van der Waals surface area contributed by atoms with Gasteiger partial charge >= 0.3 is 5.97 Å². The second-order valence-electron chi connectivity index (χ2n) is 6.26. The number of esters is 1. The molecule has 0 aliphatic heterocycles. The number of benzene rings is 1. The first-order valence-electron chi connectivity index (χ1n) is 8.66. The lowest BCUT2D eigenvalue weighted by molar-refractivity contribution is -0.116. The van der Waals surface area contributed by atoms with Crippen molar-refractivity contribution in [3.63, 3.8) is 0 Å². The second-order valence-corrected chi connectivity index (χ2v) is 8.82. The Labute approximate surface area is 168 Å². The van der Waals surface area contributed by atoms with Gasteiger partial charge in [0.25, 0.3) is 0 Å². The molecular weight excluding hydrogens is 402 g/mol. The number of nitrogens with one attached hydrogen (secondary N) is 1. The molecule has 10 heteroatoms. The molecule has 0 saturated carbocycles. The lowest BCUT2D eigenvalue weighted by Gasteiger charge is -2.14. The molecular formula is C18H23N3O5S2. The number of carbonyl (C=O) groups excluding carboxylic acids is 2. The quantitative estimate of drug-likeness (QED) is 0.652. The summed E-state index contributed by atoms with van der Waals surface area (Å²) in [5, 5.41) is 2.25. The predicted octanol–water partition coefficient (Wildman–Crippen LogP) is 2.56. The van der Waals surface area contributed by atoms with E-state index in [4.69, 9.17) is 4.74 Å². The monoisotopic (exact) mass is 425 g/mol. The van der Waals surface area contributed by atoms with E-state index in [-0.39, 0.29) is 29.0 Å². The molecule has 0 radical (unpaired) electrons. The van der Waals surface area contributed by atoms with Gasteiger partial charge in [0.2, 0.25) is 15.9 Å². The molecule has 0 fully saturated rings. The van der Waals surface area contributed by atoms with Crippen LogP contribution in [0.15, 0.2) is 34.5 Å². The molecule has 1 heterocycles. The fraction of sp³-hybridized carbons (Fsp3) is 0.389. The maximum Gasteiger partial charge on any atom is 0.338 e. The Morgan fingerprint density at radius 2 is 2.04 bits per heavy atom. The number of hydrogen-bond acceptors (Lipinski definition) is 7. The number of nitrogens with zero attached hydrogens (tertiary/aromatic N) is 2. The van der Waals surface area contributed by atoms with Crippen LogP contribution in [0.3, 0.4) is 0 Å². The number of ether oxygens (including phenoxy) is 1. The van der Waals surface area contributed by atoms with E-state index in [1.54, 1.807) is 19.2 Å². The maximum atomic E-state index is 12.3. The van der Waals surface area contributed by atoms with E-state index < -0.39 is 16.0 Å². The number of thiazole rings is 1. The Balaban J connectivity index is 2.07. The number of rotatable bonds is 8. The molecule has 0 atom stereocenters. The number of sulfonamides is 1. The molecule has 28 heavy (non-hydrogen) atoms. The third-order valence-corrected chi connectivity index (χ3v) is 6.16. The summed E-state index contributed by atoms with van der Waals surface area (Å²) in [6, 6.07) is 5.39. The van der Waals surface area contributed by atoms with Crippen LogP contribution in [0.4, 0.5) is 5.13 Å². The van der Waals surface area contributed by atoms with Gasteiger partial charge in [-0.15, -0.1) is 11.3 Å². The topological polar surface area (TPSA) is 106 Å². The lowest BCUT2D eigenvalue weighted by atomic mass is 10.2. The van der Waals surface area contributed by atoms with Crippen LogP contribution in [0.1, 0.15) is 43.7 Å². The Bertz CT molecular complexity index is 954. The molecule has 2 rings (SSSR count). The minimum absolute atomic E-state index is 0.00774. The van der Waals surface area contributed by atoms with Crippen molar-refractivity contribution in [1.82, 2.24) is 9.71 Å². The van der Waals surface area contributed by atoms with E-state index in [0.717, 1.165) is 0 Å². The molecule has 0 saturated heterocycles. The molecule has 1 aromatic heterocycles. The Morgan fingerprint density at radius 3 is 2.64 bits per heavy atom. The zero-order valence-corrected chi connectivity index (χ0v) is 17.8. The summed E-state index contributed by atoms with van der Waals surface area (Å²) < 4.78 is 32.2. The van der Waals surface area contributed by atoms with Crippen molar-refractivity contribution in [2.24, 2.45) is 0 Å². The van der Waals surface area contributed by atoms with E-state index in [0.29, 0.717) is 17.4 Å². The molecule has 2 aromatic rings. The van der Waals surface area contributed by atoms with Gasteiger partial charge in [0.05, 0.1) is 16.2 Å². The number of hydrogen-bond donors (Lipinski definition) is 1. The Hall–Kier alpha value is -2.30. The van der Waals surface area contributed by atoms with Gasteiger partial charge in [-0.3, -0.25) is 9.69 Å². The Kier molecular flexibility index (Phi) is 7.28. The van der Waals surface area contributed by atoms with Gasteiger partial charge in [-0.05, 0) is 39.0 Å². The highest BCUT2D eigenvalue weighted by atomic mass is 32.2. The highest BCUT2D eigenvalue weighted by Crippen LogP contribution is 2.21. The van der Waals surface area contributed by atoms with E-state index in [1.807, 2.05) is 6.92 Å². The summed E-state index contributed by atoms with van der Waals surface area (Å²) in [6.07, 6.45) is 0. The fourth-order valence-electron chi connectivity index (χ4n) is 2.37. The molecule has 1 amide bonds. The van der Waals surface area contributed by atoms with Crippen LogP contribution in [0.2, 0.25) is 0 Å². The molecule has 1 N–H and O–H groups in total. The van der Waals surface area contributed by atoms with Crippen LogP contribution in [0.25, 0.3) is 0 Å². The zero-order chi connectivity index (χ0) is 20.9. The Morgan fingerprint density at radius 1 is 1.32 bits per heavy atom. The standard InChI is InChI=1S/C18H23N3O5S2/c1-5-21(13(4)22)18-19-15(11-27-18)10-26-17(23)14-7-6-8-16(9-14)28(24,25)20-12(2)3/h6-9,11-12,20H,5,10H2,1-4H3. The van der Waals surface area contributed by atoms with Crippen molar-refractivity contribution in [1.29, 1.82) is 0 Å². The highest BCUT2D eigenvalue weighted by Gasteiger charge is 2.18. The maximum absolute atomic E-state index is 12.3. The molecule has 0 aliphatic rings.